The second-order valence-corrected chi connectivity index (χ2v) is 9.58. The van der Waals surface area contributed by atoms with E-state index in [1.165, 1.54) is 6.07 Å². The van der Waals surface area contributed by atoms with Gasteiger partial charge in [0.25, 0.3) is 5.91 Å². The molecule has 27 heavy (non-hydrogen) atoms. The van der Waals surface area contributed by atoms with E-state index in [1.807, 2.05) is 19.1 Å². The van der Waals surface area contributed by atoms with E-state index in [0.29, 0.717) is 11.3 Å². The summed E-state index contributed by atoms with van der Waals surface area (Å²) in [4.78, 5) is 12.7. The molecule has 1 amide bonds. The van der Waals surface area contributed by atoms with Crippen molar-refractivity contribution in [3.05, 3.63) is 80.0 Å². The fourth-order valence-corrected chi connectivity index (χ4v) is 5.95. The predicted molar refractivity (Wildman–Crippen MR) is 111 cm³/mol. The molecule has 0 unspecified atom stereocenters. The summed E-state index contributed by atoms with van der Waals surface area (Å²) in [7, 11) is -3.81. The summed E-state index contributed by atoms with van der Waals surface area (Å²) in [5, 5.41) is 4.84. The Kier molecular flexibility index (Phi) is 5.91. The van der Waals surface area contributed by atoms with Crippen LogP contribution in [0.3, 0.4) is 0 Å². The normalized spacial score (nSPS) is 11.4. The highest BCUT2D eigenvalue weighted by molar-refractivity contribution is 7.91. The maximum Gasteiger partial charge on any atom is 0.267 e. The number of nitrogens with one attached hydrogen (secondary N) is 1. The summed E-state index contributed by atoms with van der Waals surface area (Å²) in [5.41, 5.74) is 1.97. The first-order chi connectivity index (χ1) is 12.8. The van der Waals surface area contributed by atoms with Crippen molar-refractivity contribution in [3.8, 4) is 0 Å². The molecule has 0 aliphatic carbocycles. The van der Waals surface area contributed by atoms with Crippen LogP contribution in [0.2, 0.25) is 10.0 Å². The van der Waals surface area contributed by atoms with Gasteiger partial charge in [0.05, 0.1) is 10.6 Å². The number of thiophene rings is 1. The Morgan fingerprint density at radius 2 is 1.67 bits per heavy atom. The van der Waals surface area contributed by atoms with Gasteiger partial charge < -0.3 is 5.32 Å². The molecule has 1 heterocycles. The number of hydrogen-bond donors (Lipinski definition) is 1. The zero-order valence-electron chi connectivity index (χ0n) is 14.2. The highest BCUT2D eigenvalue weighted by Gasteiger charge is 2.26. The molecule has 0 bridgehead atoms. The Balaban J connectivity index is 1.89. The number of hydrogen-bond acceptors (Lipinski definition) is 4. The van der Waals surface area contributed by atoms with Crippen molar-refractivity contribution >= 4 is 56.0 Å². The van der Waals surface area contributed by atoms with Gasteiger partial charge in [-0.05, 0) is 42.6 Å². The van der Waals surface area contributed by atoms with Crippen LogP contribution in [-0.4, -0.2) is 14.3 Å². The molecule has 0 radical (unpaired) electrons. The number of carbonyl (C=O) groups excluding carboxylic acids is 1. The molecule has 1 aromatic heterocycles. The Hall–Kier alpha value is -1.86. The van der Waals surface area contributed by atoms with Crippen LogP contribution < -0.4 is 5.32 Å². The summed E-state index contributed by atoms with van der Waals surface area (Å²) in [6.45, 7) is 1.94. The molecule has 0 fully saturated rings. The summed E-state index contributed by atoms with van der Waals surface area (Å²) in [5.74, 6) is -0.856. The van der Waals surface area contributed by atoms with Gasteiger partial charge in [0.2, 0.25) is 0 Å². The van der Waals surface area contributed by atoms with Gasteiger partial charge in [-0.25, -0.2) is 8.42 Å². The van der Waals surface area contributed by atoms with E-state index in [-0.39, 0.29) is 25.6 Å². The lowest BCUT2D eigenvalue weighted by Crippen LogP contribution is -2.15. The Morgan fingerprint density at radius 3 is 2.30 bits per heavy atom. The fourth-order valence-electron chi connectivity index (χ4n) is 2.47. The number of benzene rings is 2. The van der Waals surface area contributed by atoms with Gasteiger partial charge in [-0.1, -0.05) is 47.0 Å². The molecular weight excluding hydrogens is 425 g/mol. The van der Waals surface area contributed by atoms with Gasteiger partial charge in [0.1, 0.15) is 4.88 Å². The van der Waals surface area contributed by atoms with Gasteiger partial charge in [0, 0.05) is 21.3 Å². The van der Waals surface area contributed by atoms with Crippen LogP contribution in [0.1, 0.15) is 20.8 Å². The van der Waals surface area contributed by atoms with Crippen molar-refractivity contribution in [1.82, 2.24) is 0 Å². The molecule has 8 heteroatoms. The second-order valence-electron chi connectivity index (χ2n) is 5.89. The lowest BCUT2D eigenvalue weighted by Gasteiger charge is -2.10. The average molecular weight is 440 g/mol. The third-order valence-corrected chi connectivity index (χ3v) is 7.31. The maximum atomic E-state index is 12.9. The second kappa shape index (κ2) is 8.02. The SMILES string of the molecule is Cc1ccc(NC(=O)c2sccc2S(=O)(=O)Cc2c(Cl)cccc2Cl)cc1. The number of sulfone groups is 1. The zero-order chi connectivity index (χ0) is 19.6. The largest absolute Gasteiger partial charge is 0.321 e. The summed E-state index contributed by atoms with van der Waals surface area (Å²) in [6.07, 6.45) is 0. The van der Waals surface area contributed by atoms with Crippen molar-refractivity contribution in [2.24, 2.45) is 0 Å². The van der Waals surface area contributed by atoms with Gasteiger partial charge in [-0.2, -0.15) is 0 Å². The summed E-state index contributed by atoms with van der Waals surface area (Å²) >= 11 is 13.3. The third kappa shape index (κ3) is 4.52. The van der Waals surface area contributed by atoms with Gasteiger partial charge in [0.15, 0.2) is 9.84 Å². The predicted octanol–water partition coefficient (Wildman–Crippen LogP) is 5.59. The highest BCUT2D eigenvalue weighted by Crippen LogP contribution is 2.31. The molecular formula is C19H15Cl2NO3S2. The van der Waals surface area contributed by atoms with Gasteiger partial charge in [-0.15, -0.1) is 11.3 Å². The quantitative estimate of drug-likeness (QED) is 0.563. The minimum absolute atomic E-state index is 0.0342. The molecule has 0 aliphatic rings. The highest BCUT2D eigenvalue weighted by atomic mass is 35.5. The molecule has 3 aromatic rings. The number of carbonyl (C=O) groups is 1. The van der Waals surface area contributed by atoms with E-state index in [4.69, 9.17) is 23.2 Å². The molecule has 0 spiro atoms. The average Bonchev–Trinajstić information content (AvgIpc) is 3.11. The Labute approximate surface area is 171 Å². The van der Waals surface area contributed by atoms with Crippen LogP contribution in [0.5, 0.6) is 0 Å². The molecule has 3 rings (SSSR count). The Morgan fingerprint density at radius 1 is 1.04 bits per heavy atom. The zero-order valence-corrected chi connectivity index (χ0v) is 17.3. The van der Waals surface area contributed by atoms with E-state index in [1.54, 1.807) is 35.7 Å². The van der Waals surface area contributed by atoms with Crippen LogP contribution in [-0.2, 0) is 15.6 Å². The number of amides is 1. The number of halogens is 2. The van der Waals surface area contributed by atoms with E-state index >= 15 is 0 Å². The lowest BCUT2D eigenvalue weighted by molar-refractivity contribution is 0.102. The van der Waals surface area contributed by atoms with E-state index < -0.39 is 15.7 Å². The van der Waals surface area contributed by atoms with Crippen molar-refractivity contribution < 1.29 is 13.2 Å². The van der Waals surface area contributed by atoms with Gasteiger partial charge >= 0.3 is 0 Å². The van der Waals surface area contributed by atoms with Crippen molar-refractivity contribution in [1.29, 1.82) is 0 Å². The molecule has 0 atom stereocenters. The monoisotopic (exact) mass is 439 g/mol. The van der Waals surface area contributed by atoms with Crippen LogP contribution >= 0.6 is 34.5 Å². The molecule has 0 aliphatic heterocycles. The maximum absolute atomic E-state index is 12.9. The van der Waals surface area contributed by atoms with E-state index in [9.17, 15) is 13.2 Å². The standard InChI is InChI=1S/C19H15Cl2NO3S2/c1-12-5-7-13(8-6-12)22-19(23)18-17(9-10-26-18)27(24,25)11-14-15(20)3-2-4-16(14)21/h2-10H,11H2,1H3,(H,22,23). The fraction of sp³-hybridized carbons (Fsp3) is 0.105. The molecule has 2 aromatic carbocycles. The minimum atomic E-state index is -3.81. The van der Waals surface area contributed by atoms with Crippen molar-refractivity contribution in [2.75, 3.05) is 5.32 Å². The van der Waals surface area contributed by atoms with E-state index in [0.717, 1.165) is 16.9 Å². The summed E-state index contributed by atoms with van der Waals surface area (Å²) in [6, 6.07) is 13.5. The number of aryl methyl sites for hydroxylation is 1. The first-order valence-corrected chi connectivity index (χ1v) is 11.2. The van der Waals surface area contributed by atoms with Crippen LogP contribution in [0, 0.1) is 6.92 Å². The number of anilines is 1. The first-order valence-electron chi connectivity index (χ1n) is 7.89. The lowest BCUT2D eigenvalue weighted by atomic mass is 10.2. The molecule has 0 saturated heterocycles. The van der Waals surface area contributed by atoms with E-state index in [2.05, 4.69) is 5.32 Å². The van der Waals surface area contributed by atoms with Crippen LogP contribution in [0.15, 0.2) is 58.8 Å². The third-order valence-electron chi connectivity index (χ3n) is 3.88. The first kappa shape index (κ1) is 19.9. The van der Waals surface area contributed by atoms with Crippen molar-refractivity contribution in [3.63, 3.8) is 0 Å². The van der Waals surface area contributed by atoms with Gasteiger partial charge in [-0.3, -0.25) is 4.79 Å². The molecule has 0 saturated carbocycles. The topological polar surface area (TPSA) is 63.2 Å². The Bertz CT molecular complexity index is 1070. The number of rotatable bonds is 5. The van der Waals surface area contributed by atoms with Crippen molar-refractivity contribution in [2.45, 2.75) is 17.6 Å². The molecule has 4 nitrogen and oxygen atoms in total. The molecule has 140 valence electrons. The summed E-state index contributed by atoms with van der Waals surface area (Å²) < 4.78 is 25.8. The van der Waals surface area contributed by atoms with Crippen LogP contribution in [0.4, 0.5) is 5.69 Å². The smallest absolute Gasteiger partial charge is 0.267 e. The molecule has 1 N–H and O–H groups in total. The van der Waals surface area contributed by atoms with Crippen LogP contribution in [0.25, 0.3) is 0 Å². The minimum Gasteiger partial charge on any atom is -0.321 e.